The van der Waals surface area contributed by atoms with Crippen molar-refractivity contribution < 1.29 is 0 Å². The molecular formula is C15H19N3S. The molecule has 4 heteroatoms. The van der Waals surface area contributed by atoms with Gasteiger partial charge in [0.15, 0.2) is 0 Å². The highest BCUT2D eigenvalue weighted by atomic mass is 32.1. The van der Waals surface area contributed by atoms with Crippen molar-refractivity contribution in [2.45, 2.75) is 6.92 Å². The van der Waals surface area contributed by atoms with Crippen LogP contribution in [0.1, 0.15) is 16.0 Å². The maximum absolute atomic E-state index is 9.12. The molecule has 2 rings (SSSR count). The van der Waals surface area contributed by atoms with Crippen LogP contribution in [0.2, 0.25) is 0 Å². The molecule has 0 unspecified atom stereocenters. The van der Waals surface area contributed by atoms with E-state index in [4.69, 9.17) is 5.26 Å². The molecule has 0 saturated carbocycles. The lowest BCUT2D eigenvalue weighted by Gasteiger charge is -1.97. The van der Waals surface area contributed by atoms with E-state index in [-0.39, 0.29) is 0 Å². The fourth-order valence-electron chi connectivity index (χ4n) is 1.49. The molecule has 0 bridgehead atoms. The number of nitriles is 1. The summed E-state index contributed by atoms with van der Waals surface area (Å²) >= 11 is 1.59. The second-order valence-corrected chi connectivity index (χ2v) is 5.55. The minimum atomic E-state index is 0.742. The third-order valence-electron chi connectivity index (χ3n) is 2.30. The van der Waals surface area contributed by atoms with Crippen LogP contribution in [0, 0.1) is 18.3 Å². The first-order valence-corrected chi connectivity index (χ1v) is 6.73. The Kier molecular flexibility index (Phi) is 5.56. The van der Waals surface area contributed by atoms with Crippen LogP contribution in [0.5, 0.6) is 0 Å². The summed E-state index contributed by atoms with van der Waals surface area (Å²) in [6.07, 6.45) is 5.69. The number of aromatic nitrogens is 1. The highest BCUT2D eigenvalue weighted by molar-refractivity contribution is 7.15. The van der Waals surface area contributed by atoms with Crippen molar-refractivity contribution in [2.75, 3.05) is 21.1 Å². The summed E-state index contributed by atoms with van der Waals surface area (Å²) in [5, 5.41) is 10.1. The summed E-state index contributed by atoms with van der Waals surface area (Å²) < 4.78 is 1.96. The SMILES string of the molecule is C=Cc1sc(-n2cccc2)c(C#N)c1C.CN(C)C. The van der Waals surface area contributed by atoms with Gasteiger partial charge in [0.05, 0.1) is 5.56 Å². The van der Waals surface area contributed by atoms with Gasteiger partial charge in [-0.25, -0.2) is 0 Å². The van der Waals surface area contributed by atoms with Gasteiger partial charge >= 0.3 is 0 Å². The summed E-state index contributed by atoms with van der Waals surface area (Å²) in [4.78, 5) is 3.07. The fraction of sp³-hybridized carbons (Fsp3) is 0.267. The van der Waals surface area contributed by atoms with Crippen LogP contribution in [0.25, 0.3) is 11.1 Å². The number of thiophene rings is 1. The number of hydrogen-bond acceptors (Lipinski definition) is 3. The Labute approximate surface area is 119 Å². The fourth-order valence-corrected chi connectivity index (χ4v) is 2.57. The third-order valence-corrected chi connectivity index (χ3v) is 3.60. The van der Waals surface area contributed by atoms with E-state index < -0.39 is 0 Å². The molecule has 2 heterocycles. The molecule has 2 aromatic heterocycles. The van der Waals surface area contributed by atoms with Gasteiger partial charge in [0.2, 0.25) is 0 Å². The molecule has 2 aromatic rings. The first-order chi connectivity index (χ1) is 9.01. The number of hydrogen-bond donors (Lipinski definition) is 0. The lowest BCUT2D eigenvalue weighted by Crippen LogP contribution is -1.99. The summed E-state index contributed by atoms with van der Waals surface area (Å²) in [6.45, 7) is 5.71. The van der Waals surface area contributed by atoms with Gasteiger partial charge in [-0.3, -0.25) is 0 Å². The van der Waals surface area contributed by atoms with Crippen LogP contribution in [0.15, 0.2) is 31.1 Å². The zero-order valence-electron chi connectivity index (χ0n) is 11.8. The summed E-state index contributed by atoms with van der Waals surface area (Å²) in [5.74, 6) is 0. The molecule has 19 heavy (non-hydrogen) atoms. The zero-order valence-corrected chi connectivity index (χ0v) is 12.7. The molecule has 0 aliphatic rings. The monoisotopic (exact) mass is 273 g/mol. The lowest BCUT2D eigenvalue weighted by atomic mass is 10.2. The van der Waals surface area contributed by atoms with Gasteiger partial charge in [0.1, 0.15) is 11.1 Å². The van der Waals surface area contributed by atoms with E-state index in [0.29, 0.717) is 0 Å². The molecular weight excluding hydrogens is 254 g/mol. The average Bonchev–Trinajstić information content (AvgIpc) is 2.95. The van der Waals surface area contributed by atoms with E-state index in [2.05, 4.69) is 12.6 Å². The van der Waals surface area contributed by atoms with E-state index >= 15 is 0 Å². The van der Waals surface area contributed by atoms with Crippen LogP contribution in [-0.2, 0) is 0 Å². The van der Waals surface area contributed by atoms with E-state index in [1.807, 2.05) is 62.1 Å². The van der Waals surface area contributed by atoms with Gasteiger partial charge in [0, 0.05) is 17.3 Å². The Morgan fingerprint density at radius 1 is 1.32 bits per heavy atom. The van der Waals surface area contributed by atoms with E-state index in [9.17, 15) is 0 Å². The van der Waals surface area contributed by atoms with E-state index in [1.54, 1.807) is 17.4 Å². The zero-order chi connectivity index (χ0) is 14.4. The molecule has 0 amide bonds. The van der Waals surface area contributed by atoms with Gasteiger partial charge in [-0.05, 0) is 45.8 Å². The van der Waals surface area contributed by atoms with Gasteiger partial charge in [-0.1, -0.05) is 12.7 Å². The quantitative estimate of drug-likeness (QED) is 0.838. The van der Waals surface area contributed by atoms with Gasteiger partial charge in [-0.15, -0.1) is 11.3 Å². The van der Waals surface area contributed by atoms with Crippen molar-refractivity contribution in [2.24, 2.45) is 0 Å². The minimum Gasteiger partial charge on any atom is -0.314 e. The molecule has 3 nitrogen and oxygen atoms in total. The van der Waals surface area contributed by atoms with Crippen LogP contribution < -0.4 is 0 Å². The standard InChI is InChI=1S/C12H10N2S.C3H9N/c1-3-11-9(2)10(8-13)12(15-11)14-6-4-5-7-14;1-4(2)3/h3-7H,1H2,2H3;1-3H3. The first kappa shape index (κ1) is 15.2. The molecule has 0 aromatic carbocycles. The topological polar surface area (TPSA) is 32.0 Å². The first-order valence-electron chi connectivity index (χ1n) is 5.91. The maximum atomic E-state index is 9.12. The Morgan fingerprint density at radius 3 is 2.26 bits per heavy atom. The largest absolute Gasteiger partial charge is 0.314 e. The van der Waals surface area contributed by atoms with Gasteiger partial charge in [-0.2, -0.15) is 5.26 Å². The molecule has 0 spiro atoms. The second-order valence-electron chi connectivity index (χ2n) is 4.52. The molecule has 0 N–H and O–H groups in total. The van der Waals surface area contributed by atoms with Crippen LogP contribution in [0.4, 0.5) is 0 Å². The molecule has 0 saturated heterocycles. The van der Waals surface area contributed by atoms with Crippen LogP contribution in [-0.4, -0.2) is 30.6 Å². The minimum absolute atomic E-state index is 0.742. The third kappa shape index (κ3) is 3.82. The van der Waals surface area contributed by atoms with Crippen molar-refractivity contribution in [3.05, 3.63) is 47.1 Å². The Bertz CT molecular complexity index is 569. The predicted octanol–water partition coefficient (Wildman–Crippen LogP) is 3.54. The summed E-state index contributed by atoms with van der Waals surface area (Å²) in [5.41, 5.74) is 1.76. The number of rotatable bonds is 2. The van der Waals surface area contributed by atoms with Crippen molar-refractivity contribution in [3.63, 3.8) is 0 Å². The highest BCUT2D eigenvalue weighted by Gasteiger charge is 2.13. The molecule has 0 aliphatic heterocycles. The van der Waals surface area contributed by atoms with Gasteiger partial charge < -0.3 is 9.47 Å². The van der Waals surface area contributed by atoms with Crippen molar-refractivity contribution in [3.8, 4) is 11.1 Å². The highest BCUT2D eigenvalue weighted by Crippen LogP contribution is 2.31. The number of nitrogens with zero attached hydrogens (tertiary/aromatic N) is 3. The lowest BCUT2D eigenvalue weighted by molar-refractivity contribution is 0.505. The molecule has 0 radical (unpaired) electrons. The predicted molar refractivity (Wildman–Crippen MR) is 82.8 cm³/mol. The van der Waals surface area contributed by atoms with Crippen LogP contribution in [0.3, 0.4) is 0 Å². The molecule has 0 fully saturated rings. The molecule has 0 aliphatic carbocycles. The maximum Gasteiger partial charge on any atom is 0.118 e. The normalized spacial score (nSPS) is 9.68. The summed E-state index contributed by atoms with van der Waals surface area (Å²) in [6, 6.07) is 6.15. The smallest absolute Gasteiger partial charge is 0.118 e. The van der Waals surface area contributed by atoms with E-state index in [1.165, 1.54) is 0 Å². The summed E-state index contributed by atoms with van der Waals surface area (Å²) in [7, 11) is 6.00. The Morgan fingerprint density at radius 2 is 1.84 bits per heavy atom. The van der Waals surface area contributed by atoms with E-state index in [0.717, 1.165) is 21.0 Å². The van der Waals surface area contributed by atoms with Gasteiger partial charge in [0.25, 0.3) is 0 Å². The Hall–Kier alpha value is -1.83. The second kappa shape index (κ2) is 6.93. The van der Waals surface area contributed by atoms with Crippen molar-refractivity contribution in [1.82, 2.24) is 9.47 Å². The Balaban J connectivity index is 0.000000399. The molecule has 100 valence electrons. The van der Waals surface area contributed by atoms with Crippen molar-refractivity contribution >= 4 is 17.4 Å². The molecule has 0 atom stereocenters. The average molecular weight is 273 g/mol. The van der Waals surface area contributed by atoms with Crippen molar-refractivity contribution in [1.29, 1.82) is 5.26 Å². The van der Waals surface area contributed by atoms with Crippen LogP contribution >= 0.6 is 11.3 Å².